The van der Waals surface area contributed by atoms with Crippen molar-refractivity contribution in [1.82, 2.24) is 35.7 Å². The molecule has 2 heterocycles. The van der Waals surface area contributed by atoms with Gasteiger partial charge < -0.3 is 10.6 Å². The van der Waals surface area contributed by atoms with E-state index >= 15 is 0 Å². The maximum Gasteiger partial charge on any atom is 0.251 e. The largest absolute Gasteiger partial charge is 0.354 e. The fourth-order valence-corrected chi connectivity index (χ4v) is 3.75. The van der Waals surface area contributed by atoms with E-state index in [1.165, 1.54) is 17.1 Å². The van der Waals surface area contributed by atoms with Crippen LogP contribution in [0.3, 0.4) is 0 Å². The number of aryl methyl sites for hydroxylation is 1. The van der Waals surface area contributed by atoms with Gasteiger partial charge in [-0.2, -0.15) is 0 Å². The van der Waals surface area contributed by atoms with E-state index in [-0.39, 0.29) is 23.7 Å². The Labute approximate surface area is 184 Å². The molecule has 0 bridgehead atoms. The van der Waals surface area contributed by atoms with Crippen molar-refractivity contribution in [3.63, 3.8) is 0 Å². The van der Waals surface area contributed by atoms with Gasteiger partial charge in [0.15, 0.2) is 0 Å². The van der Waals surface area contributed by atoms with Crippen molar-refractivity contribution < 1.29 is 14.0 Å². The van der Waals surface area contributed by atoms with Crippen LogP contribution >= 0.6 is 0 Å². The molecule has 32 heavy (non-hydrogen) atoms. The number of benzene rings is 2. The van der Waals surface area contributed by atoms with E-state index in [4.69, 9.17) is 0 Å². The fourth-order valence-electron chi connectivity index (χ4n) is 3.75. The second-order valence-corrected chi connectivity index (χ2v) is 7.97. The predicted molar refractivity (Wildman–Crippen MR) is 116 cm³/mol. The molecule has 1 atom stereocenters. The third kappa shape index (κ3) is 4.97. The Hall–Kier alpha value is -3.66. The summed E-state index contributed by atoms with van der Waals surface area (Å²) in [5, 5.41) is 16.9. The normalized spacial score (nSPS) is 15.3. The number of nitrogens with one attached hydrogen (secondary N) is 2. The lowest BCUT2D eigenvalue weighted by Gasteiger charge is -2.29. The number of piperazine rings is 1. The zero-order valence-electron chi connectivity index (χ0n) is 17.9. The van der Waals surface area contributed by atoms with Crippen LogP contribution in [0.15, 0.2) is 42.7 Å². The number of tetrazole rings is 1. The van der Waals surface area contributed by atoms with Crippen LogP contribution in [-0.4, -0.2) is 69.1 Å². The van der Waals surface area contributed by atoms with E-state index < -0.39 is 0 Å². The van der Waals surface area contributed by atoms with Crippen LogP contribution in [0.5, 0.6) is 0 Å². The van der Waals surface area contributed by atoms with Gasteiger partial charge in [0, 0.05) is 36.8 Å². The molecule has 9 nitrogen and oxygen atoms in total. The quantitative estimate of drug-likeness (QED) is 0.603. The van der Waals surface area contributed by atoms with Crippen LogP contribution in [0.2, 0.25) is 0 Å². The van der Waals surface area contributed by atoms with Crippen molar-refractivity contribution in [1.29, 1.82) is 0 Å². The number of halogens is 1. The SMILES string of the molecule is Cc1ccc(-c2cc(C(=O)N[C@H](C)CN3CCNC(=O)C3)cc(-n3cnnn3)c2)c(F)c1. The summed E-state index contributed by atoms with van der Waals surface area (Å²) in [4.78, 5) is 26.6. The number of carbonyl (C=O) groups excluding carboxylic acids is 2. The standard InChI is InChI=1S/C22H24FN7O2/c1-14-3-4-19(20(23)7-14)16-8-17(10-18(9-16)30-13-25-27-28-30)22(32)26-15(2)11-29-6-5-24-21(31)12-29/h3-4,7-10,13,15H,5-6,11-12H2,1-2H3,(H,24,31)(H,26,32)/t15-/m1/s1. The van der Waals surface area contributed by atoms with Crippen molar-refractivity contribution in [3.05, 3.63) is 59.7 Å². The van der Waals surface area contributed by atoms with Gasteiger partial charge in [-0.05, 0) is 59.7 Å². The lowest BCUT2D eigenvalue weighted by Crippen LogP contribution is -2.51. The summed E-state index contributed by atoms with van der Waals surface area (Å²) in [6, 6.07) is 9.81. The Morgan fingerprint density at radius 2 is 2.12 bits per heavy atom. The first-order valence-corrected chi connectivity index (χ1v) is 10.3. The zero-order chi connectivity index (χ0) is 22.7. The summed E-state index contributed by atoms with van der Waals surface area (Å²) in [6.45, 7) is 5.89. The van der Waals surface area contributed by atoms with Crippen LogP contribution in [0.4, 0.5) is 4.39 Å². The molecule has 1 aliphatic rings. The molecule has 2 aromatic carbocycles. The molecule has 0 radical (unpaired) electrons. The van der Waals surface area contributed by atoms with E-state index in [9.17, 15) is 14.0 Å². The summed E-state index contributed by atoms with van der Waals surface area (Å²) < 4.78 is 16.1. The first-order valence-electron chi connectivity index (χ1n) is 10.3. The molecule has 3 aromatic rings. The van der Waals surface area contributed by atoms with E-state index in [1.54, 1.807) is 24.3 Å². The summed E-state index contributed by atoms with van der Waals surface area (Å²) in [5.74, 6) is -0.696. The molecule has 2 N–H and O–H groups in total. The molecule has 1 aliphatic heterocycles. The Morgan fingerprint density at radius 1 is 1.28 bits per heavy atom. The average molecular weight is 437 g/mol. The number of aromatic nitrogens is 4. The minimum absolute atomic E-state index is 0.0197. The first kappa shape index (κ1) is 21.6. The number of nitrogens with zero attached hydrogens (tertiary/aromatic N) is 5. The monoisotopic (exact) mass is 437 g/mol. The van der Waals surface area contributed by atoms with Gasteiger partial charge in [0.05, 0.1) is 12.2 Å². The third-order valence-corrected chi connectivity index (χ3v) is 5.26. The van der Waals surface area contributed by atoms with Crippen LogP contribution in [0, 0.1) is 12.7 Å². The highest BCUT2D eigenvalue weighted by Gasteiger charge is 2.20. The molecular formula is C22H24FN7O2. The molecule has 0 spiro atoms. The van der Waals surface area contributed by atoms with Gasteiger partial charge in [0.1, 0.15) is 12.1 Å². The predicted octanol–water partition coefficient (Wildman–Crippen LogP) is 1.33. The van der Waals surface area contributed by atoms with Crippen molar-refractivity contribution >= 4 is 11.8 Å². The Morgan fingerprint density at radius 3 is 2.84 bits per heavy atom. The molecule has 1 saturated heterocycles. The fraction of sp³-hybridized carbons (Fsp3) is 0.318. The van der Waals surface area contributed by atoms with Crippen LogP contribution in [-0.2, 0) is 4.79 Å². The smallest absolute Gasteiger partial charge is 0.251 e. The molecule has 10 heteroatoms. The van der Waals surface area contributed by atoms with Crippen molar-refractivity contribution in [3.8, 4) is 16.8 Å². The van der Waals surface area contributed by atoms with Gasteiger partial charge in [-0.1, -0.05) is 12.1 Å². The molecule has 2 amide bonds. The number of carbonyl (C=O) groups is 2. The molecule has 1 fully saturated rings. The number of rotatable bonds is 6. The van der Waals surface area contributed by atoms with Gasteiger partial charge >= 0.3 is 0 Å². The highest BCUT2D eigenvalue weighted by molar-refractivity contribution is 5.96. The van der Waals surface area contributed by atoms with Crippen molar-refractivity contribution in [2.24, 2.45) is 0 Å². The van der Waals surface area contributed by atoms with E-state index in [0.29, 0.717) is 42.0 Å². The highest BCUT2D eigenvalue weighted by atomic mass is 19.1. The van der Waals surface area contributed by atoms with E-state index in [0.717, 1.165) is 12.1 Å². The number of hydrogen-bond acceptors (Lipinski definition) is 6. The molecule has 1 aromatic heterocycles. The van der Waals surface area contributed by atoms with E-state index in [1.807, 2.05) is 24.8 Å². The second-order valence-electron chi connectivity index (χ2n) is 7.97. The zero-order valence-corrected chi connectivity index (χ0v) is 17.9. The minimum atomic E-state index is -0.373. The maximum absolute atomic E-state index is 14.7. The minimum Gasteiger partial charge on any atom is -0.354 e. The third-order valence-electron chi connectivity index (χ3n) is 5.26. The first-order chi connectivity index (χ1) is 15.4. The lowest BCUT2D eigenvalue weighted by atomic mass is 10.00. The molecule has 0 aliphatic carbocycles. The highest BCUT2D eigenvalue weighted by Crippen LogP contribution is 2.27. The van der Waals surface area contributed by atoms with Gasteiger partial charge in [0.2, 0.25) is 5.91 Å². The summed E-state index contributed by atoms with van der Waals surface area (Å²) in [5.41, 5.74) is 2.63. The lowest BCUT2D eigenvalue weighted by molar-refractivity contribution is -0.124. The molecular weight excluding hydrogens is 413 g/mol. The topological polar surface area (TPSA) is 105 Å². The average Bonchev–Trinajstić information content (AvgIpc) is 3.28. The van der Waals surface area contributed by atoms with E-state index in [2.05, 4.69) is 26.2 Å². The van der Waals surface area contributed by atoms with Crippen LogP contribution < -0.4 is 10.6 Å². The van der Waals surface area contributed by atoms with Gasteiger partial charge in [0.25, 0.3) is 5.91 Å². The summed E-state index contributed by atoms with van der Waals surface area (Å²) >= 11 is 0. The molecule has 0 unspecified atom stereocenters. The summed E-state index contributed by atoms with van der Waals surface area (Å²) in [7, 11) is 0. The van der Waals surface area contributed by atoms with Gasteiger partial charge in [-0.15, -0.1) is 5.10 Å². The Kier molecular flexibility index (Phi) is 6.22. The van der Waals surface area contributed by atoms with Gasteiger partial charge in [-0.3, -0.25) is 14.5 Å². The molecule has 166 valence electrons. The van der Waals surface area contributed by atoms with Crippen LogP contribution in [0.25, 0.3) is 16.8 Å². The second kappa shape index (κ2) is 9.23. The maximum atomic E-state index is 14.7. The number of amides is 2. The molecule has 0 saturated carbocycles. The Balaban J connectivity index is 1.60. The molecule has 4 rings (SSSR count). The van der Waals surface area contributed by atoms with Crippen molar-refractivity contribution in [2.45, 2.75) is 19.9 Å². The van der Waals surface area contributed by atoms with Crippen molar-refractivity contribution in [2.75, 3.05) is 26.2 Å². The Bertz CT molecular complexity index is 1130. The van der Waals surface area contributed by atoms with Crippen LogP contribution in [0.1, 0.15) is 22.8 Å². The summed E-state index contributed by atoms with van der Waals surface area (Å²) in [6.07, 6.45) is 1.41. The van der Waals surface area contributed by atoms with Gasteiger partial charge in [-0.25, -0.2) is 9.07 Å². The number of hydrogen-bond donors (Lipinski definition) is 2.